The molecular formula is C123H200O12Si6. The summed E-state index contributed by atoms with van der Waals surface area (Å²) in [5.41, 5.74) is 22.5. The summed E-state index contributed by atoms with van der Waals surface area (Å²) in [6, 6.07) is 62.6. The van der Waals surface area contributed by atoms with Crippen molar-refractivity contribution < 1.29 is 55.0 Å². The first-order valence-electron chi connectivity index (χ1n) is 56.3. The number of aryl methyl sites for hydroxylation is 6. The fourth-order valence-corrected chi connectivity index (χ4v) is 26.3. The third-order valence-corrected chi connectivity index (χ3v) is 43.8. The molecule has 0 aliphatic carbocycles. The maximum atomic E-state index is 10.5. The molecule has 0 aliphatic heterocycles. The van der Waals surface area contributed by atoms with Crippen molar-refractivity contribution in [2.24, 2.45) is 0 Å². The summed E-state index contributed by atoms with van der Waals surface area (Å²) in [5.74, 6) is 0. The molecule has 6 aromatic rings. The summed E-state index contributed by atoms with van der Waals surface area (Å²) in [7, 11) is -2.61. The highest BCUT2D eigenvalue weighted by molar-refractivity contribution is 6.71. The summed E-state index contributed by atoms with van der Waals surface area (Å²) in [6.07, 6.45) is 78.9. The van der Waals surface area contributed by atoms with Gasteiger partial charge in [-0.05, 0) is 291 Å². The molecule has 788 valence electrons. The Kier molecular flexibility index (Phi) is 64.2. The van der Waals surface area contributed by atoms with Crippen molar-refractivity contribution in [3.63, 3.8) is 0 Å². The summed E-state index contributed by atoms with van der Waals surface area (Å²) in [6.45, 7) is 17.1. The molecule has 6 aromatic carbocycles. The van der Waals surface area contributed by atoms with Crippen LogP contribution < -0.4 is 0 Å². The van der Waals surface area contributed by atoms with Gasteiger partial charge in [-0.3, -0.25) is 0 Å². The Balaban J connectivity index is 1.47. The van der Waals surface area contributed by atoms with Crippen molar-refractivity contribution in [3.8, 4) is 0 Å². The fraction of sp³-hybridized carbons (Fsp3) is 0.610. The molecule has 0 fully saturated rings. The zero-order valence-electron chi connectivity index (χ0n) is 91.8. The Bertz CT molecular complexity index is 4410. The van der Waals surface area contributed by atoms with E-state index in [1.54, 1.807) is 35.5 Å². The van der Waals surface area contributed by atoms with Gasteiger partial charge in [0.2, 0.25) is 0 Å². The first-order chi connectivity index (χ1) is 68.1. The molecule has 0 amide bonds. The predicted octanol–water partition coefficient (Wildman–Crippen LogP) is 34.4. The van der Waals surface area contributed by atoms with Gasteiger partial charge in [-0.1, -0.05) is 421 Å². The predicted molar refractivity (Wildman–Crippen MR) is 620 cm³/mol. The quantitative estimate of drug-likeness (QED) is 0.0140. The zero-order valence-corrected chi connectivity index (χ0v) is 97.8. The van der Waals surface area contributed by atoms with Crippen LogP contribution in [0.5, 0.6) is 0 Å². The van der Waals surface area contributed by atoms with Crippen LogP contribution in [-0.2, 0) is 69.5 Å². The van der Waals surface area contributed by atoms with E-state index < -0.39 is 51.4 Å². The smallest absolute Gasteiger partial charge is 0.420 e. The van der Waals surface area contributed by atoms with E-state index >= 15 is 0 Å². The number of rotatable bonds is 84. The molecule has 3 unspecified atom stereocenters. The molecule has 18 heteroatoms. The number of allylic oxidation sites excluding steroid dienone is 12. The zero-order chi connectivity index (χ0) is 102. The average molecular weight is 2040 g/mol. The van der Waals surface area contributed by atoms with E-state index in [1.807, 2.05) is 26.8 Å². The van der Waals surface area contributed by atoms with E-state index in [2.05, 4.69) is 216 Å². The molecule has 0 aromatic heterocycles. The molecule has 12 nitrogen and oxygen atoms in total. The molecule has 0 saturated carbocycles. The normalized spacial score (nSPS) is 14.3. The molecule has 0 radical (unpaired) electrons. The topological polar surface area (TPSA) is 166 Å². The van der Waals surface area contributed by atoms with Crippen LogP contribution in [-0.4, -0.2) is 125 Å². The Labute approximate surface area is 868 Å². The minimum atomic E-state index is -3.50. The molecule has 0 aliphatic rings. The maximum absolute atomic E-state index is 10.5. The molecule has 6 rings (SSSR count). The van der Waals surface area contributed by atoms with Crippen LogP contribution in [0.2, 0.25) is 75.5 Å². The van der Waals surface area contributed by atoms with Crippen LogP contribution in [0.3, 0.4) is 0 Å². The standard InChI is InChI=1S/C123H200O12Si6/c1-16-113(115-85-73-108(74-86-115)66-54-43-30-18-24-36-48-60-96-137(12,124)130-4)102-121(117-89-77-110(78-90-117)68-56-42-29-17-23-35-47-59-95-136(10,11)129-3)104-123(119-93-81-112(82-94-119)70-58-46-34-22-28-40-52-64-100-141(127,128)135-9)105-122(118-91-79-111(80-92-118)69-57-45-32-20-26-38-50-62-98-139(14,126)132-6)103-120(116-87-75-109(76-88-116)67-55-44-31-19-25-37-49-61-97-138(13,125)131-5)101-106(2)114-83-71-107(72-84-114)65-53-41-33-21-27-39-51-63-99-140(15,133-7)134-8/h16,71-94,101-105,124-128H,17-70,95-100H2,1-15H3/b106-101-,113-16-,120-103-,121-102-,122-105-,123-104-. The lowest BCUT2D eigenvalue weighted by atomic mass is 9.90. The second-order valence-electron chi connectivity index (χ2n) is 42.7. The van der Waals surface area contributed by atoms with Gasteiger partial charge < -0.3 is 55.0 Å². The monoisotopic (exact) mass is 2040 g/mol. The van der Waals surface area contributed by atoms with E-state index in [9.17, 15) is 24.0 Å². The van der Waals surface area contributed by atoms with Crippen LogP contribution in [0, 0.1) is 0 Å². The highest BCUT2D eigenvalue weighted by atomic mass is 28.4. The van der Waals surface area contributed by atoms with Crippen molar-refractivity contribution >= 4 is 84.8 Å². The number of unbranched alkanes of at least 4 members (excludes halogenated alkanes) is 42. The van der Waals surface area contributed by atoms with Gasteiger partial charge in [-0.15, -0.1) is 0 Å². The number of hydrogen-bond acceptors (Lipinski definition) is 12. The molecule has 0 heterocycles. The van der Waals surface area contributed by atoms with Crippen LogP contribution in [0.1, 0.15) is 389 Å². The summed E-state index contributed by atoms with van der Waals surface area (Å²) in [4.78, 5) is 51.7. The largest absolute Gasteiger partial charge is 0.495 e. The van der Waals surface area contributed by atoms with Crippen molar-refractivity contribution in [3.05, 3.63) is 249 Å². The molecule has 0 spiro atoms. The minimum Gasteiger partial charge on any atom is -0.420 e. The van der Waals surface area contributed by atoms with E-state index in [4.69, 9.17) is 31.0 Å². The average Bonchev–Trinajstić information content (AvgIpc) is 0.807. The maximum Gasteiger partial charge on any atom is 0.495 e. The Hall–Kier alpha value is -5.42. The lowest BCUT2D eigenvalue weighted by Gasteiger charge is -2.22. The Morgan fingerprint density at radius 2 is 0.397 bits per heavy atom. The Morgan fingerprint density at radius 3 is 0.617 bits per heavy atom. The van der Waals surface area contributed by atoms with Gasteiger partial charge >= 0.3 is 43.0 Å². The van der Waals surface area contributed by atoms with E-state index in [0.29, 0.717) is 6.04 Å². The molecule has 5 N–H and O–H groups in total. The van der Waals surface area contributed by atoms with Crippen LogP contribution >= 0.6 is 0 Å². The summed E-state index contributed by atoms with van der Waals surface area (Å²) >= 11 is 0. The molecule has 3 atom stereocenters. The lowest BCUT2D eigenvalue weighted by molar-refractivity contribution is 0.183. The second-order valence-corrected chi connectivity index (χ2v) is 62.9. The molecular weight excluding hydrogens is 1840 g/mol. The van der Waals surface area contributed by atoms with Gasteiger partial charge in [0.1, 0.15) is 0 Å². The van der Waals surface area contributed by atoms with Crippen molar-refractivity contribution in [1.29, 1.82) is 0 Å². The first kappa shape index (κ1) is 124. The van der Waals surface area contributed by atoms with Gasteiger partial charge in [0.25, 0.3) is 0 Å². The second kappa shape index (κ2) is 72.8. The van der Waals surface area contributed by atoms with Crippen molar-refractivity contribution in [2.75, 3.05) is 49.8 Å². The molecule has 141 heavy (non-hydrogen) atoms. The third-order valence-electron chi connectivity index (χ3n) is 30.0. The highest BCUT2D eigenvalue weighted by Crippen LogP contribution is 2.37. The number of hydrogen-bond donors (Lipinski definition) is 5. The minimum absolute atomic E-state index is 0.369. The van der Waals surface area contributed by atoms with E-state index in [0.717, 1.165) is 150 Å². The van der Waals surface area contributed by atoms with Gasteiger partial charge in [0.05, 0.1) is 0 Å². The third kappa shape index (κ3) is 56.0. The number of benzene rings is 6. The van der Waals surface area contributed by atoms with E-state index in [-0.39, 0.29) is 0 Å². The Morgan fingerprint density at radius 1 is 0.206 bits per heavy atom. The summed E-state index contributed by atoms with van der Waals surface area (Å²) in [5, 5.41) is 0. The first-order valence-corrected chi connectivity index (χ1v) is 71.7. The molecule has 0 bridgehead atoms. The summed E-state index contributed by atoms with van der Waals surface area (Å²) < 4.78 is 38.5. The highest BCUT2D eigenvalue weighted by Gasteiger charge is 2.31. The fourth-order valence-electron chi connectivity index (χ4n) is 19.3. The van der Waals surface area contributed by atoms with Crippen LogP contribution in [0.25, 0.3) is 33.4 Å². The van der Waals surface area contributed by atoms with Crippen LogP contribution in [0.4, 0.5) is 0 Å². The van der Waals surface area contributed by atoms with Gasteiger partial charge in [0.15, 0.2) is 8.32 Å². The van der Waals surface area contributed by atoms with Gasteiger partial charge in [-0.25, -0.2) is 0 Å². The van der Waals surface area contributed by atoms with Crippen molar-refractivity contribution in [1.82, 2.24) is 0 Å². The van der Waals surface area contributed by atoms with Gasteiger partial charge in [0, 0.05) is 55.8 Å². The lowest BCUT2D eigenvalue weighted by Crippen LogP contribution is -2.37. The van der Waals surface area contributed by atoms with Crippen LogP contribution in [0.15, 0.2) is 182 Å². The van der Waals surface area contributed by atoms with Crippen molar-refractivity contribution in [2.45, 2.75) is 436 Å². The van der Waals surface area contributed by atoms with E-state index in [1.165, 1.54) is 334 Å². The SMILES string of the molecule is C/C=C(/C=C(/C=C(/C=C(/C=C(/C=C(/C)c1ccc(CCCCCCCCCC[Si](C)(OC)OC)cc1)c1ccc(CCCCCCCCCC[Si](C)(O)OC)cc1)c1ccc(CCCCCCCCCC[Si](C)(O)OC)cc1)c1ccc(CCCCCCCCCC[Si](O)(O)OC)cc1)c1ccc(CCCCCCCCCC[Si](C)(C)OC)cc1)c1ccc(CCCCCCCCCC[Si](C)(O)OC)cc1. The molecule has 0 saturated heterocycles. The van der Waals surface area contributed by atoms with Gasteiger partial charge in [-0.2, -0.15) is 0 Å².